The number of carbonyl (C=O) groups is 1. The highest BCUT2D eigenvalue weighted by Crippen LogP contribution is 2.42. The van der Waals surface area contributed by atoms with Crippen molar-refractivity contribution in [3.8, 4) is 11.4 Å². The summed E-state index contributed by atoms with van der Waals surface area (Å²) in [7, 11) is 0. The number of aromatic nitrogens is 3. The predicted octanol–water partition coefficient (Wildman–Crippen LogP) is 3.16. The Balaban J connectivity index is 2.23. The molecule has 0 bridgehead atoms. The number of carboxylic acids is 1. The summed E-state index contributed by atoms with van der Waals surface area (Å²) in [5.41, 5.74) is 9.13. The normalized spacial score (nSPS) is 19.1. The van der Waals surface area contributed by atoms with Gasteiger partial charge in [0.1, 0.15) is 5.82 Å². The average Bonchev–Trinajstić information content (AvgIpc) is 2.92. The number of nitrogen functional groups attached to an aromatic ring is 1. The van der Waals surface area contributed by atoms with Crippen LogP contribution in [-0.2, 0) is 13.0 Å². The van der Waals surface area contributed by atoms with Crippen molar-refractivity contribution in [2.75, 3.05) is 5.73 Å². The summed E-state index contributed by atoms with van der Waals surface area (Å²) in [5, 5.41) is 16.5. The van der Waals surface area contributed by atoms with Crippen molar-refractivity contribution in [2.24, 2.45) is 10.8 Å². The Morgan fingerprint density at radius 2 is 2.04 bits per heavy atom. The highest BCUT2D eigenvalue weighted by Gasteiger charge is 2.34. The van der Waals surface area contributed by atoms with Gasteiger partial charge in [-0.25, -0.2) is 4.79 Å². The summed E-state index contributed by atoms with van der Waals surface area (Å²) in [6, 6.07) is 1.70. The van der Waals surface area contributed by atoms with E-state index >= 15 is 0 Å². The molecule has 0 spiro atoms. The molecule has 124 valence electrons. The first kappa shape index (κ1) is 15.6. The third-order valence-electron chi connectivity index (χ3n) is 4.51. The first-order chi connectivity index (χ1) is 10.6. The number of hydrogen-bond donors (Lipinski definition) is 3. The van der Waals surface area contributed by atoms with Crippen LogP contribution in [0.1, 0.15) is 50.0 Å². The van der Waals surface area contributed by atoms with Crippen molar-refractivity contribution in [1.29, 1.82) is 0 Å². The number of anilines is 1. The number of nitrogens with one attached hydrogen (secondary N) is 1. The minimum absolute atomic E-state index is 0.0404. The van der Waals surface area contributed by atoms with Crippen molar-refractivity contribution < 1.29 is 9.90 Å². The van der Waals surface area contributed by atoms with E-state index in [1.165, 1.54) is 0 Å². The monoisotopic (exact) mass is 316 g/mol. The number of carboxylic acid groups (broad SMARTS) is 1. The highest BCUT2D eigenvalue weighted by atomic mass is 16.4. The van der Waals surface area contributed by atoms with Gasteiger partial charge >= 0.3 is 5.97 Å². The maximum atomic E-state index is 11.4. The van der Waals surface area contributed by atoms with Gasteiger partial charge in [-0.05, 0) is 29.7 Å². The molecule has 4 N–H and O–H groups in total. The number of fused-ring (bicyclic) bond motifs is 3. The third-order valence-corrected chi connectivity index (χ3v) is 4.51. The summed E-state index contributed by atoms with van der Waals surface area (Å²) in [6.45, 7) is 9.68. The topological polar surface area (TPSA) is 96.9 Å². The van der Waals surface area contributed by atoms with Crippen LogP contribution in [0.25, 0.3) is 11.4 Å². The summed E-state index contributed by atoms with van der Waals surface area (Å²) in [4.78, 5) is 11.4. The number of nitrogens with zero attached hydrogens (tertiary/aromatic N) is 2. The van der Waals surface area contributed by atoms with E-state index in [0.29, 0.717) is 5.82 Å². The Kier molecular flexibility index (Phi) is 3.32. The molecule has 0 saturated heterocycles. The van der Waals surface area contributed by atoms with Crippen molar-refractivity contribution in [1.82, 2.24) is 14.8 Å². The SMILES string of the molecule is CC1(C)Cc2c(N)n[nH]c2-c2cc(C(=O)O)cn2CC(C)(C)C1. The number of aromatic carboxylic acids is 1. The molecular weight excluding hydrogens is 292 g/mol. The van der Waals surface area contributed by atoms with E-state index in [-0.39, 0.29) is 16.4 Å². The van der Waals surface area contributed by atoms with Crippen LogP contribution in [-0.4, -0.2) is 25.8 Å². The average molecular weight is 316 g/mol. The lowest BCUT2D eigenvalue weighted by Crippen LogP contribution is -2.28. The number of rotatable bonds is 1. The van der Waals surface area contributed by atoms with E-state index in [1.54, 1.807) is 12.3 Å². The second-order valence-corrected chi connectivity index (χ2v) is 8.19. The predicted molar refractivity (Wildman–Crippen MR) is 89.3 cm³/mol. The first-order valence-electron chi connectivity index (χ1n) is 7.85. The molecule has 1 aliphatic heterocycles. The zero-order valence-corrected chi connectivity index (χ0v) is 14.1. The minimum atomic E-state index is -0.922. The molecular formula is C17H24N4O2. The van der Waals surface area contributed by atoms with Crippen molar-refractivity contribution in [3.63, 3.8) is 0 Å². The van der Waals surface area contributed by atoms with Crippen LogP contribution in [0.3, 0.4) is 0 Å². The van der Waals surface area contributed by atoms with Crippen molar-refractivity contribution in [3.05, 3.63) is 23.4 Å². The first-order valence-corrected chi connectivity index (χ1v) is 7.85. The van der Waals surface area contributed by atoms with Crippen LogP contribution >= 0.6 is 0 Å². The summed E-state index contributed by atoms with van der Waals surface area (Å²) in [5.74, 6) is -0.424. The van der Waals surface area contributed by atoms with Crippen molar-refractivity contribution >= 4 is 11.8 Å². The number of nitrogens with two attached hydrogens (primary N) is 1. The van der Waals surface area contributed by atoms with Gasteiger partial charge in [0.05, 0.1) is 17.0 Å². The molecule has 0 aliphatic carbocycles. The molecule has 23 heavy (non-hydrogen) atoms. The smallest absolute Gasteiger partial charge is 0.337 e. The fourth-order valence-corrected chi connectivity index (χ4v) is 4.09. The fraction of sp³-hybridized carbons (Fsp3) is 0.529. The summed E-state index contributed by atoms with van der Waals surface area (Å²) in [6.07, 6.45) is 3.52. The van der Waals surface area contributed by atoms with E-state index < -0.39 is 5.97 Å². The van der Waals surface area contributed by atoms with Gasteiger partial charge in [0.2, 0.25) is 0 Å². The second-order valence-electron chi connectivity index (χ2n) is 8.19. The minimum Gasteiger partial charge on any atom is -0.478 e. The quantitative estimate of drug-likeness (QED) is 0.753. The van der Waals surface area contributed by atoms with E-state index in [4.69, 9.17) is 5.73 Å². The Hall–Kier alpha value is -2.24. The Bertz CT molecular complexity index is 768. The largest absolute Gasteiger partial charge is 0.478 e. The Morgan fingerprint density at radius 1 is 1.35 bits per heavy atom. The molecule has 6 heteroatoms. The Morgan fingerprint density at radius 3 is 2.70 bits per heavy atom. The Labute approximate surface area is 135 Å². The molecule has 0 unspecified atom stereocenters. The summed E-state index contributed by atoms with van der Waals surface area (Å²) < 4.78 is 2.02. The van der Waals surface area contributed by atoms with Crippen LogP contribution in [0.5, 0.6) is 0 Å². The molecule has 0 atom stereocenters. The molecule has 2 aromatic heterocycles. The maximum absolute atomic E-state index is 11.4. The molecule has 3 rings (SSSR count). The molecule has 0 saturated carbocycles. The van der Waals surface area contributed by atoms with Gasteiger partial charge in [-0.2, -0.15) is 5.10 Å². The van der Waals surface area contributed by atoms with E-state index in [9.17, 15) is 9.90 Å². The molecule has 3 heterocycles. The van der Waals surface area contributed by atoms with Crippen LogP contribution in [0.2, 0.25) is 0 Å². The van der Waals surface area contributed by atoms with Crippen LogP contribution in [0.15, 0.2) is 12.3 Å². The number of H-pyrrole nitrogens is 1. The van der Waals surface area contributed by atoms with Gasteiger partial charge in [0.15, 0.2) is 0 Å². The van der Waals surface area contributed by atoms with Gasteiger partial charge in [-0.3, -0.25) is 5.10 Å². The molecule has 0 amide bonds. The van der Waals surface area contributed by atoms with Gasteiger partial charge in [0.25, 0.3) is 0 Å². The van der Waals surface area contributed by atoms with Gasteiger partial charge in [-0.15, -0.1) is 0 Å². The lowest BCUT2D eigenvalue weighted by molar-refractivity contribution is 0.0696. The highest BCUT2D eigenvalue weighted by molar-refractivity contribution is 5.89. The molecule has 1 aliphatic rings. The molecule has 0 fully saturated rings. The molecule has 0 radical (unpaired) electrons. The van der Waals surface area contributed by atoms with Crippen LogP contribution < -0.4 is 5.73 Å². The lowest BCUT2D eigenvalue weighted by Gasteiger charge is -2.34. The summed E-state index contributed by atoms with van der Waals surface area (Å²) >= 11 is 0. The number of hydrogen-bond acceptors (Lipinski definition) is 3. The zero-order chi connectivity index (χ0) is 17.0. The molecule has 0 aromatic carbocycles. The lowest BCUT2D eigenvalue weighted by atomic mass is 9.72. The van der Waals surface area contributed by atoms with Gasteiger partial charge < -0.3 is 15.4 Å². The zero-order valence-electron chi connectivity index (χ0n) is 14.1. The van der Waals surface area contributed by atoms with E-state index in [2.05, 4.69) is 37.9 Å². The van der Waals surface area contributed by atoms with Crippen LogP contribution in [0.4, 0.5) is 5.82 Å². The molecule has 2 aromatic rings. The van der Waals surface area contributed by atoms with E-state index in [1.807, 2.05) is 4.57 Å². The van der Waals surface area contributed by atoms with Crippen molar-refractivity contribution in [2.45, 2.75) is 47.1 Å². The van der Waals surface area contributed by atoms with E-state index in [0.717, 1.165) is 36.3 Å². The maximum Gasteiger partial charge on any atom is 0.337 e. The van der Waals surface area contributed by atoms with Crippen LogP contribution in [0, 0.1) is 10.8 Å². The van der Waals surface area contributed by atoms with Gasteiger partial charge in [-0.1, -0.05) is 27.7 Å². The fourth-order valence-electron chi connectivity index (χ4n) is 4.09. The number of aromatic amines is 1. The third kappa shape index (κ3) is 2.85. The standard InChI is InChI=1S/C17H24N4O2/c1-16(2)6-11-13(19-20-14(11)18)12-5-10(15(22)23)7-21(12)9-17(3,4)8-16/h5,7H,6,8-9H2,1-4H3,(H,22,23)(H3,18,19,20). The second kappa shape index (κ2) is 4.88. The molecule has 6 nitrogen and oxygen atoms in total. The van der Waals surface area contributed by atoms with Gasteiger partial charge in [0, 0.05) is 18.3 Å².